The zero-order valence-corrected chi connectivity index (χ0v) is 11.1. The molecule has 0 amide bonds. The fourth-order valence-electron chi connectivity index (χ4n) is 1.58. The normalized spacial score (nSPS) is 23.6. The fraction of sp³-hybridized carbons (Fsp3) is 0.750. The molecule has 1 aromatic heterocycles. The van der Waals surface area contributed by atoms with Gasteiger partial charge in [0, 0.05) is 18.3 Å². The minimum atomic E-state index is -2.77. The molecule has 16 heavy (non-hydrogen) atoms. The van der Waals surface area contributed by atoms with Gasteiger partial charge in [-0.05, 0) is 6.42 Å². The second kappa shape index (κ2) is 5.44. The van der Waals surface area contributed by atoms with Gasteiger partial charge < -0.3 is 5.32 Å². The average molecular weight is 279 g/mol. The Hall–Kier alpha value is -0.180. The molecule has 8 heteroatoms. The Bertz CT molecular complexity index is 418. The molecular formula is C8H13N3O2S3. The zero-order valence-electron chi connectivity index (χ0n) is 8.63. The number of sulfone groups is 1. The third-order valence-electron chi connectivity index (χ3n) is 2.33. The van der Waals surface area contributed by atoms with Crippen LogP contribution in [0.1, 0.15) is 6.42 Å². The first-order chi connectivity index (χ1) is 7.66. The molecule has 0 spiro atoms. The van der Waals surface area contributed by atoms with E-state index in [9.17, 15) is 8.42 Å². The SMILES string of the molecule is O=S1(=O)CCC(NCCSc2nncs2)C1. The van der Waals surface area contributed by atoms with Crippen molar-refractivity contribution in [2.45, 2.75) is 16.8 Å². The summed E-state index contributed by atoms with van der Waals surface area (Å²) in [5, 5.41) is 10.9. The molecule has 90 valence electrons. The summed E-state index contributed by atoms with van der Waals surface area (Å²) in [6.45, 7) is 0.810. The summed E-state index contributed by atoms with van der Waals surface area (Å²) in [5.41, 5.74) is 1.71. The van der Waals surface area contributed by atoms with E-state index >= 15 is 0 Å². The van der Waals surface area contributed by atoms with Gasteiger partial charge >= 0.3 is 0 Å². The van der Waals surface area contributed by atoms with Gasteiger partial charge in [-0.1, -0.05) is 23.1 Å². The van der Waals surface area contributed by atoms with E-state index in [2.05, 4.69) is 15.5 Å². The molecule has 5 nitrogen and oxygen atoms in total. The summed E-state index contributed by atoms with van der Waals surface area (Å²) in [5.74, 6) is 1.51. The molecule has 1 N–H and O–H groups in total. The van der Waals surface area contributed by atoms with Crippen molar-refractivity contribution < 1.29 is 8.42 Å². The molecule has 1 atom stereocenters. The Labute approximate surface area is 103 Å². The van der Waals surface area contributed by atoms with Crippen LogP contribution < -0.4 is 5.32 Å². The van der Waals surface area contributed by atoms with Crippen molar-refractivity contribution >= 4 is 32.9 Å². The first-order valence-corrected chi connectivity index (χ1v) is 8.67. The number of hydrogen-bond acceptors (Lipinski definition) is 7. The van der Waals surface area contributed by atoms with Gasteiger partial charge in [0.15, 0.2) is 14.2 Å². The van der Waals surface area contributed by atoms with Crippen LogP contribution >= 0.6 is 23.1 Å². The van der Waals surface area contributed by atoms with Crippen LogP contribution in [-0.2, 0) is 9.84 Å². The van der Waals surface area contributed by atoms with Gasteiger partial charge in [-0.15, -0.1) is 10.2 Å². The van der Waals surface area contributed by atoms with Crippen LogP contribution in [0.25, 0.3) is 0 Å². The third kappa shape index (κ3) is 3.69. The molecule has 1 unspecified atom stereocenters. The Morgan fingerprint density at radius 2 is 2.50 bits per heavy atom. The molecule has 0 aromatic carbocycles. The van der Waals surface area contributed by atoms with E-state index in [0.717, 1.165) is 23.1 Å². The Morgan fingerprint density at radius 1 is 1.62 bits per heavy atom. The molecule has 1 aliphatic rings. The average Bonchev–Trinajstić information content (AvgIpc) is 2.82. The van der Waals surface area contributed by atoms with Crippen LogP contribution in [0, 0.1) is 0 Å². The van der Waals surface area contributed by atoms with Crippen molar-refractivity contribution in [3.05, 3.63) is 5.51 Å². The minimum absolute atomic E-state index is 0.139. The monoisotopic (exact) mass is 279 g/mol. The second-order valence-corrected chi connectivity index (χ2v) is 8.01. The third-order valence-corrected chi connectivity index (χ3v) is 5.96. The maximum absolute atomic E-state index is 11.2. The van der Waals surface area contributed by atoms with Crippen molar-refractivity contribution in [3.8, 4) is 0 Å². The van der Waals surface area contributed by atoms with Gasteiger partial charge in [0.05, 0.1) is 11.5 Å². The molecule has 0 bridgehead atoms. The smallest absolute Gasteiger partial charge is 0.174 e. The van der Waals surface area contributed by atoms with E-state index in [0.29, 0.717) is 5.75 Å². The Morgan fingerprint density at radius 3 is 3.12 bits per heavy atom. The number of rotatable bonds is 5. The second-order valence-electron chi connectivity index (χ2n) is 3.61. The van der Waals surface area contributed by atoms with Crippen molar-refractivity contribution in [2.75, 3.05) is 23.8 Å². The Balaban J connectivity index is 1.62. The lowest BCUT2D eigenvalue weighted by atomic mass is 10.3. The van der Waals surface area contributed by atoms with E-state index < -0.39 is 9.84 Å². The van der Waals surface area contributed by atoms with Gasteiger partial charge in [0.2, 0.25) is 0 Å². The summed E-state index contributed by atoms with van der Waals surface area (Å²) in [6, 6.07) is 0.139. The largest absolute Gasteiger partial charge is 0.312 e. The highest BCUT2D eigenvalue weighted by molar-refractivity contribution is 8.01. The van der Waals surface area contributed by atoms with E-state index in [1.807, 2.05) is 0 Å². The minimum Gasteiger partial charge on any atom is -0.312 e. The first-order valence-electron chi connectivity index (χ1n) is 4.98. The summed E-state index contributed by atoms with van der Waals surface area (Å²) in [6.07, 6.45) is 0.742. The van der Waals surface area contributed by atoms with Crippen LogP contribution in [0.4, 0.5) is 0 Å². The van der Waals surface area contributed by atoms with Gasteiger partial charge in [-0.2, -0.15) is 0 Å². The lowest BCUT2D eigenvalue weighted by Gasteiger charge is -2.08. The first kappa shape index (κ1) is 12.3. The van der Waals surface area contributed by atoms with E-state index in [1.165, 1.54) is 11.3 Å². The van der Waals surface area contributed by atoms with Crippen LogP contribution in [-0.4, -0.2) is 48.5 Å². The maximum atomic E-state index is 11.2. The number of thioether (sulfide) groups is 1. The zero-order chi connectivity index (χ0) is 11.4. The van der Waals surface area contributed by atoms with E-state index in [4.69, 9.17) is 0 Å². The summed E-state index contributed by atoms with van der Waals surface area (Å²) in [4.78, 5) is 0. The van der Waals surface area contributed by atoms with Crippen molar-refractivity contribution in [3.63, 3.8) is 0 Å². The van der Waals surface area contributed by atoms with Crippen LogP contribution in [0.15, 0.2) is 9.85 Å². The summed E-state index contributed by atoms with van der Waals surface area (Å²) in [7, 11) is -2.77. The van der Waals surface area contributed by atoms with Crippen molar-refractivity contribution in [1.82, 2.24) is 15.5 Å². The highest BCUT2D eigenvalue weighted by atomic mass is 32.2. The summed E-state index contributed by atoms with van der Waals surface area (Å²) < 4.78 is 23.4. The van der Waals surface area contributed by atoms with E-state index in [-0.39, 0.29) is 11.8 Å². The molecular weight excluding hydrogens is 266 g/mol. The molecule has 0 aliphatic carbocycles. The molecule has 2 heterocycles. The van der Waals surface area contributed by atoms with Gasteiger partial charge in [-0.25, -0.2) is 8.42 Å². The molecule has 0 radical (unpaired) electrons. The highest BCUT2D eigenvalue weighted by Crippen LogP contribution is 2.18. The van der Waals surface area contributed by atoms with Crippen LogP contribution in [0.3, 0.4) is 0 Å². The molecule has 2 rings (SSSR count). The number of hydrogen-bond donors (Lipinski definition) is 1. The Kier molecular flexibility index (Phi) is 4.17. The fourth-order valence-corrected chi connectivity index (χ4v) is 4.72. The quantitative estimate of drug-likeness (QED) is 0.621. The van der Waals surface area contributed by atoms with Gasteiger partial charge in [-0.3, -0.25) is 0 Å². The number of nitrogens with one attached hydrogen (secondary N) is 1. The molecule has 1 saturated heterocycles. The number of aromatic nitrogens is 2. The topological polar surface area (TPSA) is 72.0 Å². The lowest BCUT2D eigenvalue weighted by Crippen LogP contribution is -2.31. The molecule has 1 aromatic rings. The highest BCUT2D eigenvalue weighted by Gasteiger charge is 2.26. The van der Waals surface area contributed by atoms with Crippen LogP contribution in [0.2, 0.25) is 0 Å². The lowest BCUT2D eigenvalue weighted by molar-refractivity contribution is 0.575. The molecule has 1 aliphatic heterocycles. The van der Waals surface area contributed by atoms with Gasteiger partial charge in [0.1, 0.15) is 5.51 Å². The van der Waals surface area contributed by atoms with Crippen molar-refractivity contribution in [2.24, 2.45) is 0 Å². The van der Waals surface area contributed by atoms with Gasteiger partial charge in [0.25, 0.3) is 0 Å². The predicted octanol–water partition coefficient (Wildman–Crippen LogP) is 0.407. The van der Waals surface area contributed by atoms with E-state index in [1.54, 1.807) is 17.3 Å². The maximum Gasteiger partial charge on any atom is 0.174 e. The van der Waals surface area contributed by atoms with Crippen molar-refractivity contribution in [1.29, 1.82) is 0 Å². The van der Waals surface area contributed by atoms with Crippen LogP contribution in [0.5, 0.6) is 0 Å². The number of nitrogens with zero attached hydrogens (tertiary/aromatic N) is 2. The standard InChI is InChI=1S/C8H13N3O2S3/c12-16(13)4-1-7(5-16)9-2-3-14-8-11-10-6-15-8/h6-7,9H,1-5H2. The summed E-state index contributed by atoms with van der Waals surface area (Å²) >= 11 is 3.17. The molecule has 0 saturated carbocycles. The molecule has 1 fully saturated rings. The predicted molar refractivity (Wildman–Crippen MR) is 65.7 cm³/mol.